The van der Waals surface area contributed by atoms with Crippen molar-refractivity contribution in [2.45, 2.75) is 19.3 Å². The zero-order valence-electron chi connectivity index (χ0n) is 7.32. The summed E-state index contributed by atoms with van der Waals surface area (Å²) in [5.41, 5.74) is 0. The van der Waals surface area contributed by atoms with Crippen molar-refractivity contribution in [3.63, 3.8) is 0 Å². The molecule has 0 unspecified atom stereocenters. The summed E-state index contributed by atoms with van der Waals surface area (Å²) in [6.07, 6.45) is 2.92. The van der Waals surface area contributed by atoms with E-state index in [0.29, 0.717) is 19.4 Å². The van der Waals surface area contributed by atoms with Gasteiger partial charge in [-0.05, 0) is 6.42 Å². The fourth-order valence-electron chi connectivity index (χ4n) is 1.35. The summed E-state index contributed by atoms with van der Waals surface area (Å²) in [7, 11) is 1.76. The molecule has 0 aliphatic carbocycles. The Morgan fingerprint density at radius 3 is 3.00 bits per heavy atom. The molecule has 0 N–H and O–H groups in total. The monoisotopic (exact) mass is 170 g/mol. The predicted molar refractivity (Wildman–Crippen MR) is 44.3 cm³/mol. The molecule has 1 fully saturated rings. The Kier molecular flexibility index (Phi) is 3.22. The molecule has 0 aromatic heterocycles. The summed E-state index contributed by atoms with van der Waals surface area (Å²) < 4.78 is 0. The lowest BCUT2D eigenvalue weighted by Crippen LogP contribution is -2.48. The average molecular weight is 170 g/mol. The van der Waals surface area contributed by atoms with Crippen LogP contribution < -0.4 is 0 Å². The van der Waals surface area contributed by atoms with Crippen LogP contribution in [-0.4, -0.2) is 42.3 Å². The summed E-state index contributed by atoms with van der Waals surface area (Å²) in [4.78, 5) is 21.3. The van der Waals surface area contributed by atoms with Crippen LogP contribution in [0.5, 0.6) is 0 Å². The van der Waals surface area contributed by atoms with E-state index in [0.717, 1.165) is 19.3 Å². The maximum absolute atomic E-state index is 11.2. The maximum Gasteiger partial charge on any atom is 0.236 e. The minimum atomic E-state index is 0.146. The van der Waals surface area contributed by atoms with E-state index in [9.17, 15) is 9.59 Å². The molecule has 0 saturated carbocycles. The van der Waals surface area contributed by atoms with E-state index in [2.05, 4.69) is 0 Å². The van der Waals surface area contributed by atoms with E-state index in [1.165, 1.54) is 0 Å². The molecule has 0 atom stereocenters. The molecule has 1 saturated heterocycles. The predicted octanol–water partition coefficient (Wildman–Crippen LogP) is 0.0446. The highest BCUT2D eigenvalue weighted by Crippen LogP contribution is 2.09. The van der Waals surface area contributed by atoms with E-state index < -0.39 is 0 Å². The van der Waals surface area contributed by atoms with E-state index in [1.807, 2.05) is 5.01 Å². The molecule has 12 heavy (non-hydrogen) atoms. The standard InChI is InChI=1S/C8H14N2O2/c1-9-8(12)4-2-5-10(9)6-3-7-11/h7H,2-6H2,1H3. The molecule has 0 aromatic rings. The van der Waals surface area contributed by atoms with Crippen molar-refractivity contribution >= 4 is 12.2 Å². The van der Waals surface area contributed by atoms with Crippen molar-refractivity contribution < 1.29 is 9.59 Å². The van der Waals surface area contributed by atoms with Crippen LogP contribution in [0.1, 0.15) is 19.3 Å². The number of hydrogen-bond donors (Lipinski definition) is 0. The summed E-state index contributed by atoms with van der Waals surface area (Å²) in [5.74, 6) is 0.146. The highest BCUT2D eigenvalue weighted by molar-refractivity contribution is 5.75. The molecule has 1 heterocycles. The van der Waals surface area contributed by atoms with Gasteiger partial charge in [0.2, 0.25) is 5.91 Å². The van der Waals surface area contributed by atoms with Crippen molar-refractivity contribution in [2.75, 3.05) is 20.1 Å². The van der Waals surface area contributed by atoms with Gasteiger partial charge in [0.25, 0.3) is 0 Å². The molecule has 1 amide bonds. The van der Waals surface area contributed by atoms with Gasteiger partial charge < -0.3 is 4.79 Å². The summed E-state index contributed by atoms with van der Waals surface area (Å²) in [6.45, 7) is 1.54. The van der Waals surface area contributed by atoms with E-state index >= 15 is 0 Å². The number of carbonyl (C=O) groups excluding carboxylic acids is 2. The first-order valence-corrected chi connectivity index (χ1v) is 4.20. The fraction of sp³-hybridized carbons (Fsp3) is 0.750. The van der Waals surface area contributed by atoms with Gasteiger partial charge in [-0.25, -0.2) is 5.01 Å². The molecule has 1 rings (SSSR count). The summed E-state index contributed by atoms with van der Waals surface area (Å²) >= 11 is 0. The van der Waals surface area contributed by atoms with Crippen LogP contribution in [0.3, 0.4) is 0 Å². The zero-order valence-corrected chi connectivity index (χ0v) is 7.32. The SMILES string of the molecule is CN1C(=O)CCCN1CCC=O. The Balaban J connectivity index is 2.40. The van der Waals surface area contributed by atoms with Crippen LogP contribution in [0, 0.1) is 0 Å². The number of carbonyl (C=O) groups is 2. The molecule has 0 radical (unpaired) electrons. The van der Waals surface area contributed by atoms with Crippen LogP contribution in [0.15, 0.2) is 0 Å². The minimum absolute atomic E-state index is 0.146. The Morgan fingerprint density at radius 1 is 1.58 bits per heavy atom. The number of rotatable bonds is 3. The number of nitrogens with zero attached hydrogens (tertiary/aromatic N) is 2. The largest absolute Gasteiger partial charge is 0.303 e. The third-order valence-corrected chi connectivity index (χ3v) is 2.10. The second-order valence-electron chi connectivity index (χ2n) is 2.93. The summed E-state index contributed by atoms with van der Waals surface area (Å²) in [6, 6.07) is 0. The number of amides is 1. The minimum Gasteiger partial charge on any atom is -0.303 e. The molecule has 1 aliphatic heterocycles. The van der Waals surface area contributed by atoms with Crippen LogP contribution in [0.2, 0.25) is 0 Å². The molecule has 4 heteroatoms. The van der Waals surface area contributed by atoms with Crippen molar-refractivity contribution in [3.8, 4) is 0 Å². The summed E-state index contributed by atoms with van der Waals surface area (Å²) in [5, 5.41) is 3.53. The molecule has 0 aromatic carbocycles. The third-order valence-electron chi connectivity index (χ3n) is 2.10. The highest BCUT2D eigenvalue weighted by Gasteiger charge is 2.21. The van der Waals surface area contributed by atoms with Crippen LogP contribution in [0.25, 0.3) is 0 Å². The second kappa shape index (κ2) is 4.21. The number of aldehydes is 1. The van der Waals surface area contributed by atoms with Crippen molar-refractivity contribution in [1.82, 2.24) is 10.0 Å². The van der Waals surface area contributed by atoms with Gasteiger partial charge in [-0.1, -0.05) is 0 Å². The normalized spacial score (nSPS) is 19.8. The Hall–Kier alpha value is -0.900. The van der Waals surface area contributed by atoms with Gasteiger partial charge in [0, 0.05) is 33.0 Å². The first-order valence-electron chi connectivity index (χ1n) is 4.20. The van der Waals surface area contributed by atoms with Gasteiger partial charge in [0.15, 0.2) is 0 Å². The molecule has 1 aliphatic rings. The average Bonchev–Trinajstić information content (AvgIpc) is 2.08. The van der Waals surface area contributed by atoms with Crippen molar-refractivity contribution in [2.24, 2.45) is 0 Å². The molecule has 68 valence electrons. The first kappa shape index (κ1) is 9.19. The lowest BCUT2D eigenvalue weighted by molar-refractivity contribution is -0.151. The van der Waals surface area contributed by atoms with E-state index in [-0.39, 0.29) is 5.91 Å². The molecule has 0 spiro atoms. The highest BCUT2D eigenvalue weighted by atomic mass is 16.2. The van der Waals surface area contributed by atoms with Crippen molar-refractivity contribution in [3.05, 3.63) is 0 Å². The van der Waals surface area contributed by atoms with Gasteiger partial charge in [0.05, 0.1) is 0 Å². The van der Waals surface area contributed by atoms with E-state index in [1.54, 1.807) is 12.1 Å². The van der Waals surface area contributed by atoms with Crippen molar-refractivity contribution in [1.29, 1.82) is 0 Å². The number of hydrogen-bond acceptors (Lipinski definition) is 3. The maximum atomic E-state index is 11.2. The second-order valence-corrected chi connectivity index (χ2v) is 2.93. The number of hydrazine groups is 1. The third kappa shape index (κ3) is 2.04. The molecular formula is C8H14N2O2. The fourth-order valence-corrected chi connectivity index (χ4v) is 1.35. The van der Waals surface area contributed by atoms with Crippen LogP contribution in [-0.2, 0) is 9.59 Å². The molecule has 4 nitrogen and oxygen atoms in total. The van der Waals surface area contributed by atoms with Gasteiger partial charge >= 0.3 is 0 Å². The van der Waals surface area contributed by atoms with Gasteiger partial charge in [0.1, 0.15) is 6.29 Å². The Bertz CT molecular complexity index is 182. The topological polar surface area (TPSA) is 40.6 Å². The zero-order chi connectivity index (χ0) is 8.97. The Morgan fingerprint density at radius 2 is 2.33 bits per heavy atom. The molecule has 0 bridgehead atoms. The smallest absolute Gasteiger partial charge is 0.236 e. The first-order chi connectivity index (χ1) is 5.75. The molecular weight excluding hydrogens is 156 g/mol. The van der Waals surface area contributed by atoms with Gasteiger partial charge in [-0.15, -0.1) is 0 Å². The van der Waals surface area contributed by atoms with Gasteiger partial charge in [-0.2, -0.15) is 0 Å². The quantitative estimate of drug-likeness (QED) is 0.562. The van der Waals surface area contributed by atoms with Crippen LogP contribution in [0.4, 0.5) is 0 Å². The van der Waals surface area contributed by atoms with Gasteiger partial charge in [-0.3, -0.25) is 9.80 Å². The Labute approximate surface area is 72.1 Å². The lowest BCUT2D eigenvalue weighted by Gasteiger charge is -2.35. The lowest BCUT2D eigenvalue weighted by atomic mass is 10.2. The van der Waals surface area contributed by atoms with E-state index in [4.69, 9.17) is 0 Å². The van der Waals surface area contributed by atoms with Crippen LogP contribution >= 0.6 is 0 Å².